The molecule has 0 bridgehead atoms. The van der Waals surface area contributed by atoms with Gasteiger partial charge in [0.15, 0.2) is 0 Å². The molecule has 2 aromatic rings. The Labute approximate surface area is 135 Å². The molecule has 0 saturated carbocycles. The van der Waals surface area contributed by atoms with Crippen LogP contribution in [-0.2, 0) is 11.3 Å². The molecule has 0 aliphatic carbocycles. The van der Waals surface area contributed by atoms with E-state index in [0.29, 0.717) is 23.5 Å². The van der Waals surface area contributed by atoms with E-state index in [4.69, 9.17) is 4.74 Å². The first-order chi connectivity index (χ1) is 10.6. The SMILES string of the molecule is CC(C)Cn1c(C(=O)OC(C)(C)C)cc2cc([N+](=O)[O-])ccc21. The highest BCUT2D eigenvalue weighted by molar-refractivity contribution is 5.96. The molecule has 0 aliphatic rings. The van der Waals surface area contributed by atoms with E-state index in [0.717, 1.165) is 5.52 Å². The topological polar surface area (TPSA) is 74.4 Å². The maximum atomic E-state index is 12.5. The van der Waals surface area contributed by atoms with E-state index in [9.17, 15) is 14.9 Å². The van der Waals surface area contributed by atoms with E-state index in [2.05, 4.69) is 13.8 Å². The third-order valence-electron chi connectivity index (χ3n) is 3.25. The molecule has 0 amide bonds. The number of ether oxygens (including phenoxy) is 1. The summed E-state index contributed by atoms with van der Waals surface area (Å²) >= 11 is 0. The van der Waals surface area contributed by atoms with E-state index in [1.807, 2.05) is 25.3 Å². The Morgan fingerprint density at radius 1 is 1.30 bits per heavy atom. The first-order valence-electron chi connectivity index (χ1n) is 7.59. The van der Waals surface area contributed by atoms with Crippen LogP contribution < -0.4 is 0 Å². The van der Waals surface area contributed by atoms with Gasteiger partial charge in [0.1, 0.15) is 11.3 Å². The Morgan fingerprint density at radius 3 is 2.48 bits per heavy atom. The highest BCUT2D eigenvalue weighted by Crippen LogP contribution is 2.27. The minimum absolute atomic E-state index is 0.00920. The Balaban J connectivity index is 2.57. The average molecular weight is 318 g/mol. The molecule has 1 aromatic heterocycles. The summed E-state index contributed by atoms with van der Waals surface area (Å²) in [6.45, 7) is 10.2. The molecule has 6 heteroatoms. The number of nitro groups is 1. The lowest BCUT2D eigenvalue weighted by atomic mass is 10.2. The minimum atomic E-state index is -0.595. The van der Waals surface area contributed by atoms with Crippen molar-refractivity contribution in [3.05, 3.63) is 40.1 Å². The van der Waals surface area contributed by atoms with Crippen molar-refractivity contribution < 1.29 is 14.5 Å². The minimum Gasteiger partial charge on any atom is -0.455 e. The molecule has 124 valence electrons. The van der Waals surface area contributed by atoms with Crippen LogP contribution in [-0.4, -0.2) is 21.1 Å². The van der Waals surface area contributed by atoms with Gasteiger partial charge in [0.05, 0.1) is 4.92 Å². The maximum absolute atomic E-state index is 12.5. The third-order valence-corrected chi connectivity index (χ3v) is 3.25. The van der Waals surface area contributed by atoms with Gasteiger partial charge >= 0.3 is 5.97 Å². The molecule has 1 heterocycles. The molecule has 0 radical (unpaired) electrons. The zero-order valence-electron chi connectivity index (χ0n) is 14.1. The van der Waals surface area contributed by atoms with Crippen molar-refractivity contribution in [1.82, 2.24) is 4.57 Å². The predicted octanol–water partition coefficient (Wildman–Crippen LogP) is 4.16. The average Bonchev–Trinajstić information content (AvgIpc) is 2.74. The molecule has 0 unspecified atom stereocenters. The summed E-state index contributed by atoms with van der Waals surface area (Å²) in [6.07, 6.45) is 0. The number of hydrogen-bond acceptors (Lipinski definition) is 4. The molecule has 2 rings (SSSR count). The van der Waals surface area contributed by atoms with Crippen molar-refractivity contribution >= 4 is 22.6 Å². The van der Waals surface area contributed by atoms with Gasteiger partial charge in [-0.2, -0.15) is 0 Å². The fraction of sp³-hybridized carbons (Fsp3) is 0.471. The summed E-state index contributed by atoms with van der Waals surface area (Å²) in [5.41, 5.74) is 0.631. The van der Waals surface area contributed by atoms with Crippen LogP contribution in [0.25, 0.3) is 10.9 Å². The number of aromatic nitrogens is 1. The molecule has 0 fully saturated rings. The summed E-state index contributed by atoms with van der Waals surface area (Å²) in [7, 11) is 0. The number of rotatable bonds is 4. The van der Waals surface area contributed by atoms with Crippen LogP contribution in [0.15, 0.2) is 24.3 Å². The number of hydrogen-bond donors (Lipinski definition) is 0. The standard InChI is InChI=1S/C17H22N2O4/c1-11(2)10-18-14-7-6-13(19(21)22)8-12(14)9-15(18)16(20)23-17(3,4)5/h6-9,11H,10H2,1-5H3. The quantitative estimate of drug-likeness (QED) is 0.482. The molecule has 23 heavy (non-hydrogen) atoms. The number of nitro benzene ring substituents is 1. The lowest BCUT2D eigenvalue weighted by Crippen LogP contribution is -2.25. The summed E-state index contributed by atoms with van der Waals surface area (Å²) in [4.78, 5) is 23.0. The third kappa shape index (κ3) is 3.88. The normalized spacial score (nSPS) is 11.9. The predicted molar refractivity (Wildman–Crippen MR) is 88.6 cm³/mol. The van der Waals surface area contributed by atoms with Gasteiger partial charge < -0.3 is 9.30 Å². The van der Waals surface area contributed by atoms with Gasteiger partial charge in [-0.25, -0.2) is 4.79 Å². The lowest BCUT2D eigenvalue weighted by molar-refractivity contribution is -0.384. The second-order valence-corrected chi connectivity index (χ2v) is 7.04. The summed E-state index contributed by atoms with van der Waals surface area (Å²) in [6, 6.07) is 6.29. The van der Waals surface area contributed by atoms with Crippen LogP contribution in [0, 0.1) is 16.0 Å². The highest BCUT2D eigenvalue weighted by Gasteiger charge is 2.23. The maximum Gasteiger partial charge on any atom is 0.355 e. The van der Waals surface area contributed by atoms with Crippen LogP contribution >= 0.6 is 0 Å². The number of carbonyl (C=O) groups excluding carboxylic acids is 1. The van der Waals surface area contributed by atoms with E-state index < -0.39 is 16.5 Å². The fourth-order valence-corrected chi connectivity index (χ4v) is 2.43. The first kappa shape index (κ1) is 17.0. The van der Waals surface area contributed by atoms with Gasteiger partial charge in [0, 0.05) is 29.6 Å². The molecule has 0 aliphatic heterocycles. The van der Waals surface area contributed by atoms with Crippen molar-refractivity contribution in [2.75, 3.05) is 0 Å². The van der Waals surface area contributed by atoms with E-state index >= 15 is 0 Å². The zero-order chi connectivity index (χ0) is 17.4. The molecular weight excluding hydrogens is 296 g/mol. The summed E-state index contributed by atoms with van der Waals surface area (Å²) in [5, 5.41) is 11.6. The van der Waals surface area contributed by atoms with E-state index in [1.54, 1.807) is 12.1 Å². The van der Waals surface area contributed by atoms with Crippen molar-refractivity contribution in [1.29, 1.82) is 0 Å². The number of fused-ring (bicyclic) bond motifs is 1. The van der Waals surface area contributed by atoms with Gasteiger partial charge in [-0.3, -0.25) is 10.1 Å². The Morgan fingerprint density at radius 2 is 1.96 bits per heavy atom. The van der Waals surface area contributed by atoms with Crippen molar-refractivity contribution in [3.8, 4) is 0 Å². The summed E-state index contributed by atoms with van der Waals surface area (Å²) < 4.78 is 7.33. The highest BCUT2D eigenvalue weighted by atomic mass is 16.6. The van der Waals surface area contributed by atoms with Crippen LogP contribution in [0.4, 0.5) is 5.69 Å². The van der Waals surface area contributed by atoms with Gasteiger partial charge in [0.2, 0.25) is 0 Å². The van der Waals surface area contributed by atoms with Gasteiger partial charge in [-0.1, -0.05) is 13.8 Å². The Hall–Kier alpha value is -2.37. The largest absolute Gasteiger partial charge is 0.455 e. The second kappa shape index (κ2) is 6.02. The molecule has 0 atom stereocenters. The lowest BCUT2D eigenvalue weighted by Gasteiger charge is -2.20. The van der Waals surface area contributed by atoms with E-state index in [1.165, 1.54) is 12.1 Å². The number of non-ortho nitro benzene ring substituents is 1. The van der Waals surface area contributed by atoms with Crippen molar-refractivity contribution in [2.45, 2.75) is 46.8 Å². The summed E-state index contributed by atoms with van der Waals surface area (Å²) in [5.74, 6) is -0.0982. The number of esters is 1. The molecule has 6 nitrogen and oxygen atoms in total. The molecule has 0 N–H and O–H groups in total. The van der Waals surface area contributed by atoms with Gasteiger partial charge in [-0.05, 0) is 38.8 Å². The van der Waals surface area contributed by atoms with Gasteiger partial charge in [-0.15, -0.1) is 0 Å². The fourth-order valence-electron chi connectivity index (χ4n) is 2.43. The Kier molecular flexibility index (Phi) is 4.45. The van der Waals surface area contributed by atoms with Crippen LogP contribution in [0.5, 0.6) is 0 Å². The smallest absolute Gasteiger partial charge is 0.355 e. The molecule has 1 aromatic carbocycles. The van der Waals surface area contributed by atoms with Crippen molar-refractivity contribution in [3.63, 3.8) is 0 Å². The monoisotopic (exact) mass is 318 g/mol. The molecule has 0 spiro atoms. The molecular formula is C17H22N2O4. The number of nitrogens with zero attached hydrogens (tertiary/aromatic N) is 2. The van der Waals surface area contributed by atoms with Crippen molar-refractivity contribution in [2.24, 2.45) is 5.92 Å². The first-order valence-corrected chi connectivity index (χ1v) is 7.59. The van der Waals surface area contributed by atoms with Crippen LogP contribution in [0.2, 0.25) is 0 Å². The van der Waals surface area contributed by atoms with Gasteiger partial charge in [0.25, 0.3) is 5.69 Å². The molecule has 0 saturated heterocycles. The Bertz CT molecular complexity index is 754. The van der Waals surface area contributed by atoms with E-state index in [-0.39, 0.29) is 5.69 Å². The second-order valence-electron chi connectivity index (χ2n) is 7.04. The number of carbonyl (C=O) groups is 1. The van der Waals surface area contributed by atoms with Crippen LogP contribution in [0.3, 0.4) is 0 Å². The van der Waals surface area contributed by atoms with Crippen LogP contribution in [0.1, 0.15) is 45.1 Å². The zero-order valence-corrected chi connectivity index (χ0v) is 14.1. The number of benzene rings is 1.